The summed E-state index contributed by atoms with van der Waals surface area (Å²) in [5.74, 6) is -0.594. The maximum absolute atomic E-state index is 10.3. The first-order valence-corrected chi connectivity index (χ1v) is 5.01. The van der Waals surface area contributed by atoms with Crippen LogP contribution in [-0.2, 0) is 14.4 Å². The molecule has 0 radical (unpaired) electrons. The van der Waals surface area contributed by atoms with Crippen molar-refractivity contribution < 1.29 is 19.5 Å². The highest BCUT2D eigenvalue weighted by Gasteiger charge is 2.41. The highest BCUT2D eigenvalue weighted by molar-refractivity contribution is 5.80. The summed E-state index contributed by atoms with van der Waals surface area (Å²) in [6, 6.07) is 0. The van der Waals surface area contributed by atoms with Crippen LogP contribution in [0.4, 0.5) is 0 Å². The van der Waals surface area contributed by atoms with Gasteiger partial charge in [-0.1, -0.05) is 5.16 Å². The number of oxime groups is 1. The summed E-state index contributed by atoms with van der Waals surface area (Å²) in [7, 11) is 0. The van der Waals surface area contributed by atoms with Crippen LogP contribution in [0.15, 0.2) is 5.16 Å². The van der Waals surface area contributed by atoms with Gasteiger partial charge in [0.05, 0.1) is 6.42 Å². The summed E-state index contributed by atoms with van der Waals surface area (Å²) in [5, 5.41) is 15.5. The zero-order valence-corrected chi connectivity index (χ0v) is 8.36. The van der Waals surface area contributed by atoms with Gasteiger partial charge in [0.2, 0.25) is 5.90 Å². The Balaban J connectivity index is 1.83. The third-order valence-corrected chi connectivity index (χ3v) is 2.69. The van der Waals surface area contributed by atoms with Crippen molar-refractivity contribution in [1.82, 2.24) is 5.32 Å². The smallest absolute Gasteiger partial charge is 0.341 e. The summed E-state index contributed by atoms with van der Waals surface area (Å²) in [5.41, 5.74) is -0.251. The van der Waals surface area contributed by atoms with Crippen molar-refractivity contribution in [2.75, 3.05) is 19.7 Å². The van der Waals surface area contributed by atoms with Crippen molar-refractivity contribution in [3.05, 3.63) is 0 Å². The number of rotatable bonds is 2. The summed E-state index contributed by atoms with van der Waals surface area (Å²) in [4.78, 5) is 15.6. The zero-order valence-electron chi connectivity index (χ0n) is 8.36. The number of aliphatic carboxylic acids is 1. The number of hydrogen-bond acceptors (Lipinski definition) is 5. The summed E-state index contributed by atoms with van der Waals surface area (Å²) in [6.45, 7) is 1.46. The molecule has 0 aromatic carbocycles. The fourth-order valence-corrected chi connectivity index (χ4v) is 1.86. The highest BCUT2D eigenvalue weighted by Crippen LogP contribution is 2.32. The lowest BCUT2D eigenvalue weighted by atomic mass is 9.89. The molecule has 15 heavy (non-hydrogen) atoms. The second kappa shape index (κ2) is 4.06. The fourth-order valence-electron chi connectivity index (χ4n) is 1.86. The average molecular weight is 214 g/mol. The third-order valence-electron chi connectivity index (χ3n) is 2.69. The maximum Gasteiger partial charge on any atom is 0.341 e. The molecular weight excluding hydrogens is 200 g/mol. The van der Waals surface area contributed by atoms with Crippen molar-refractivity contribution in [3.63, 3.8) is 0 Å². The Morgan fingerprint density at radius 3 is 3.00 bits per heavy atom. The standard InChI is InChI=1S/C9H14N2O4/c12-8(13)6-14-7-5-9(15-11-7)1-3-10-4-2-9/h10H,1-6H2,(H,12,13). The molecule has 0 aliphatic carbocycles. The maximum atomic E-state index is 10.3. The van der Waals surface area contributed by atoms with Crippen LogP contribution in [0.25, 0.3) is 0 Å². The largest absolute Gasteiger partial charge is 0.479 e. The van der Waals surface area contributed by atoms with Gasteiger partial charge in [-0.25, -0.2) is 4.79 Å². The summed E-state index contributed by atoms with van der Waals surface area (Å²) < 4.78 is 5.00. The first-order valence-electron chi connectivity index (χ1n) is 5.01. The van der Waals surface area contributed by atoms with Gasteiger partial charge in [-0.3, -0.25) is 0 Å². The second-order valence-corrected chi connectivity index (χ2v) is 3.87. The van der Waals surface area contributed by atoms with E-state index in [1.165, 1.54) is 0 Å². The van der Waals surface area contributed by atoms with Gasteiger partial charge >= 0.3 is 5.97 Å². The van der Waals surface area contributed by atoms with Crippen LogP contribution in [0.2, 0.25) is 0 Å². The molecule has 6 nitrogen and oxygen atoms in total. The van der Waals surface area contributed by atoms with Crippen LogP contribution in [0.1, 0.15) is 19.3 Å². The third kappa shape index (κ3) is 2.38. The van der Waals surface area contributed by atoms with E-state index in [1.54, 1.807) is 0 Å². The van der Waals surface area contributed by atoms with Gasteiger partial charge in [0, 0.05) is 12.8 Å². The Morgan fingerprint density at radius 2 is 2.33 bits per heavy atom. The average Bonchev–Trinajstić information content (AvgIpc) is 2.60. The van der Waals surface area contributed by atoms with Gasteiger partial charge in [0.1, 0.15) is 5.60 Å². The van der Waals surface area contributed by atoms with E-state index >= 15 is 0 Å². The van der Waals surface area contributed by atoms with E-state index in [0.717, 1.165) is 25.9 Å². The molecule has 0 bridgehead atoms. The predicted molar refractivity (Wildman–Crippen MR) is 51.6 cm³/mol. The molecule has 0 aromatic rings. The Bertz CT molecular complexity index is 284. The molecule has 0 aromatic heterocycles. The molecule has 0 saturated carbocycles. The number of carboxylic acid groups (broad SMARTS) is 1. The topological polar surface area (TPSA) is 80.2 Å². The van der Waals surface area contributed by atoms with E-state index in [2.05, 4.69) is 10.5 Å². The number of carboxylic acids is 1. The van der Waals surface area contributed by atoms with E-state index in [4.69, 9.17) is 14.7 Å². The predicted octanol–water partition coefficient (Wildman–Crippen LogP) is -0.0564. The van der Waals surface area contributed by atoms with Gasteiger partial charge < -0.3 is 20.0 Å². The van der Waals surface area contributed by atoms with Crippen LogP contribution < -0.4 is 5.32 Å². The number of piperidine rings is 1. The molecule has 1 fully saturated rings. The van der Waals surface area contributed by atoms with Crippen LogP contribution in [0.3, 0.4) is 0 Å². The van der Waals surface area contributed by atoms with Gasteiger partial charge in [-0.2, -0.15) is 0 Å². The minimum atomic E-state index is -0.996. The van der Waals surface area contributed by atoms with Crippen LogP contribution in [0.5, 0.6) is 0 Å². The number of hydrogen-bond donors (Lipinski definition) is 2. The summed E-state index contributed by atoms with van der Waals surface area (Å²) in [6.07, 6.45) is 2.36. The Kier molecular flexibility index (Phi) is 2.77. The van der Waals surface area contributed by atoms with Gasteiger partial charge in [0.25, 0.3) is 0 Å². The Labute approximate surface area is 87.2 Å². The molecule has 0 atom stereocenters. The van der Waals surface area contributed by atoms with Crippen molar-refractivity contribution in [2.45, 2.75) is 24.9 Å². The van der Waals surface area contributed by atoms with E-state index < -0.39 is 5.97 Å². The Hall–Kier alpha value is -1.30. The normalized spacial score (nSPS) is 23.3. The van der Waals surface area contributed by atoms with E-state index in [1.807, 2.05) is 0 Å². The summed E-state index contributed by atoms with van der Waals surface area (Å²) >= 11 is 0. The van der Waals surface area contributed by atoms with Crippen molar-refractivity contribution in [1.29, 1.82) is 0 Å². The number of carbonyl (C=O) groups is 1. The Morgan fingerprint density at radius 1 is 1.60 bits per heavy atom. The quantitative estimate of drug-likeness (QED) is 0.673. The molecule has 0 unspecified atom stereocenters. The highest BCUT2D eigenvalue weighted by atomic mass is 16.7. The molecule has 1 saturated heterocycles. The first-order chi connectivity index (χ1) is 7.20. The lowest BCUT2D eigenvalue weighted by molar-refractivity contribution is -0.139. The van der Waals surface area contributed by atoms with E-state index in [9.17, 15) is 4.79 Å². The molecule has 84 valence electrons. The molecule has 0 amide bonds. The van der Waals surface area contributed by atoms with Gasteiger partial charge in [-0.15, -0.1) is 0 Å². The molecule has 2 heterocycles. The SMILES string of the molecule is O=C(O)COC1=NOC2(CCNCC2)C1. The van der Waals surface area contributed by atoms with Gasteiger partial charge in [0.15, 0.2) is 6.61 Å². The molecule has 2 aliphatic heterocycles. The van der Waals surface area contributed by atoms with Gasteiger partial charge in [-0.05, 0) is 13.1 Å². The molecule has 1 spiro atoms. The van der Waals surface area contributed by atoms with Crippen molar-refractivity contribution in [3.8, 4) is 0 Å². The minimum Gasteiger partial charge on any atom is -0.479 e. The molecule has 6 heteroatoms. The first kappa shape index (κ1) is 10.2. The molecular formula is C9H14N2O4. The van der Waals surface area contributed by atoms with Crippen LogP contribution in [0, 0.1) is 0 Å². The van der Waals surface area contributed by atoms with Crippen molar-refractivity contribution >= 4 is 11.9 Å². The van der Waals surface area contributed by atoms with E-state index in [0.29, 0.717) is 12.3 Å². The molecule has 2 aliphatic rings. The monoisotopic (exact) mass is 214 g/mol. The van der Waals surface area contributed by atoms with E-state index in [-0.39, 0.29) is 12.2 Å². The molecule has 2 rings (SSSR count). The van der Waals surface area contributed by atoms with Crippen LogP contribution in [-0.4, -0.2) is 42.3 Å². The zero-order chi connectivity index (χ0) is 10.7. The van der Waals surface area contributed by atoms with Crippen LogP contribution >= 0.6 is 0 Å². The minimum absolute atomic E-state index is 0.251. The number of nitrogens with zero attached hydrogens (tertiary/aromatic N) is 1. The number of nitrogens with one attached hydrogen (secondary N) is 1. The fraction of sp³-hybridized carbons (Fsp3) is 0.778. The molecule has 2 N–H and O–H groups in total. The number of ether oxygens (including phenoxy) is 1. The van der Waals surface area contributed by atoms with Crippen molar-refractivity contribution in [2.24, 2.45) is 5.16 Å². The second-order valence-electron chi connectivity index (χ2n) is 3.87. The lowest BCUT2D eigenvalue weighted by Crippen LogP contribution is -2.42. The lowest BCUT2D eigenvalue weighted by Gasteiger charge is -2.30.